The first-order valence-corrected chi connectivity index (χ1v) is 29.6. The van der Waals surface area contributed by atoms with Gasteiger partial charge in [0, 0.05) is 22.3 Å². The van der Waals surface area contributed by atoms with Gasteiger partial charge in [0.1, 0.15) is 0 Å². The van der Waals surface area contributed by atoms with Crippen molar-refractivity contribution in [1.29, 1.82) is 0 Å². The maximum atomic E-state index is 12.0. The summed E-state index contributed by atoms with van der Waals surface area (Å²) in [5.74, 6) is -12.4. The number of carbonyl (C=O) groups is 4. The molecule has 0 aromatic heterocycles. The van der Waals surface area contributed by atoms with Gasteiger partial charge in [0.25, 0.3) is 0 Å². The molecule has 0 radical (unpaired) electrons. The third-order valence-electron chi connectivity index (χ3n) is 14.2. The third kappa shape index (κ3) is 26.6. The molecule has 8 aromatic carbocycles. The summed E-state index contributed by atoms with van der Waals surface area (Å²) in [6.45, 7) is 15.0. The van der Waals surface area contributed by atoms with Crippen molar-refractivity contribution in [3.05, 3.63) is 239 Å². The molecule has 22 heteroatoms. The van der Waals surface area contributed by atoms with Crippen molar-refractivity contribution in [3.8, 4) is 0 Å². The molecule has 0 saturated heterocycles. The monoisotopic (exact) mass is 1460 g/mol. The van der Waals surface area contributed by atoms with Crippen LogP contribution in [-0.2, 0) is 0 Å². The van der Waals surface area contributed by atoms with Gasteiger partial charge in [-0.05, 0) is 140 Å². The molecule has 0 atom stereocenters. The van der Waals surface area contributed by atoms with Crippen LogP contribution in [0.15, 0.2) is 217 Å². The van der Waals surface area contributed by atoms with Crippen LogP contribution >= 0.6 is 0 Å². The molecule has 94 heavy (non-hydrogen) atoms. The van der Waals surface area contributed by atoms with Crippen LogP contribution in [0.5, 0.6) is 0 Å². The van der Waals surface area contributed by atoms with E-state index in [1.807, 2.05) is 48.5 Å². The van der Waals surface area contributed by atoms with Crippen molar-refractivity contribution in [2.45, 2.75) is 104 Å². The fraction of sp³-hybridized carbons (Fsp3) is 0.278. The van der Waals surface area contributed by atoms with Crippen LogP contribution in [-0.4, -0.2) is 78.5 Å². The van der Waals surface area contributed by atoms with Gasteiger partial charge in [-0.2, -0.15) is 52.7 Å². The Bertz CT molecular complexity index is 3420. The maximum Gasteiger partial charge on any atom is 3.00 e. The van der Waals surface area contributed by atoms with Crippen LogP contribution in [0, 0.1) is 49.4 Å². The van der Waals surface area contributed by atoms with Gasteiger partial charge in [0.15, 0.2) is 23.1 Å². The first kappa shape index (κ1) is 80.6. The fourth-order valence-electron chi connectivity index (χ4n) is 9.15. The van der Waals surface area contributed by atoms with E-state index in [1.54, 1.807) is 72.8 Å². The van der Waals surface area contributed by atoms with Gasteiger partial charge in [-0.3, -0.25) is 19.2 Å². The Morgan fingerprint density at radius 2 is 0.479 bits per heavy atom. The number of alkyl halides is 12. The van der Waals surface area contributed by atoms with E-state index in [1.165, 1.54) is 131 Å². The molecule has 0 unspecified atom stereocenters. The van der Waals surface area contributed by atoms with Gasteiger partial charge in [-0.25, -0.2) is 0 Å². The zero-order valence-corrected chi connectivity index (χ0v) is 54.0. The number of allylic oxidation sites excluding steroid dienone is 8. The minimum absolute atomic E-state index is 0. The Balaban J connectivity index is 0.000000306. The number of hydrogen-bond acceptors (Lipinski definition) is 8. The van der Waals surface area contributed by atoms with Gasteiger partial charge in [-0.15, -0.1) is 0 Å². The molecular formula is C72H68EuF12NO8. The Labute approximate surface area is 577 Å². The SMILES string of the molecule is CCCC[N+](CCCC)(CCCC)CCCC.O=C(/C=C(\[O-])C(F)(F)F)c1ccc2ccccc2c1.O=C(/C=C(\[O-])C(F)(F)F)c1ccc2ccccc2c1.O=C(/C=C(\[O-])C(F)(F)F)c1ccc2ccccc2c1.O=C(/C=C(\[O-])C(F)(F)F)c1ccc2ccccc2c1.[Eu+3]. The Hall–Kier alpha value is -7.66. The summed E-state index contributed by atoms with van der Waals surface area (Å²) in [4.78, 5) is 46.3. The summed E-state index contributed by atoms with van der Waals surface area (Å²) in [5.41, 5.74) is 0.209. The average Bonchev–Trinajstić information content (AvgIpc) is 0.938. The summed E-state index contributed by atoms with van der Waals surface area (Å²) in [6, 6.07) is 46.3. The van der Waals surface area contributed by atoms with E-state index in [-0.39, 0.29) is 95.9 Å². The molecule has 500 valence electrons. The topological polar surface area (TPSA) is 161 Å². The molecular weight excluding hydrogens is 1390 g/mol. The van der Waals surface area contributed by atoms with E-state index >= 15 is 0 Å². The summed E-state index contributed by atoms with van der Waals surface area (Å²) < 4.78 is 146. The van der Waals surface area contributed by atoms with Gasteiger partial charge in [0.05, 0.1) is 26.2 Å². The standard InChI is InChI=1S/C16H36N.4C14H9F3O2.Eu/c1-5-9-13-17(14-10-6-2,15-11-7-3)16-12-8-4;4*15-14(16,17)13(19)8-12(18)11-6-5-9-3-1-2-4-10(9)7-11;/h5-16H2,1-4H3;4*1-8,19H;/q+1;;;;;+3/p-4/b;4*13-8-;. The van der Waals surface area contributed by atoms with E-state index in [2.05, 4.69) is 27.7 Å². The molecule has 0 bridgehead atoms. The number of halogens is 12. The number of quaternary nitrogens is 1. The molecule has 8 aromatic rings. The fourth-order valence-corrected chi connectivity index (χ4v) is 9.15. The quantitative estimate of drug-likeness (QED) is 0.0240. The molecule has 9 nitrogen and oxygen atoms in total. The number of hydrogen-bond donors (Lipinski definition) is 0. The Morgan fingerprint density at radius 1 is 0.309 bits per heavy atom. The minimum atomic E-state index is -5.02. The predicted molar refractivity (Wildman–Crippen MR) is 329 cm³/mol. The first-order valence-electron chi connectivity index (χ1n) is 29.6. The van der Waals surface area contributed by atoms with Crippen molar-refractivity contribution in [1.82, 2.24) is 0 Å². The molecule has 0 heterocycles. The van der Waals surface area contributed by atoms with Gasteiger partial charge < -0.3 is 24.9 Å². The van der Waals surface area contributed by atoms with Crippen molar-refractivity contribution in [2.24, 2.45) is 0 Å². The Kier molecular flexibility index (Phi) is 32.6. The average molecular weight is 1460 g/mol. The summed E-state index contributed by atoms with van der Waals surface area (Å²) >= 11 is 0. The molecule has 8 rings (SSSR count). The van der Waals surface area contributed by atoms with Crippen LogP contribution in [0.2, 0.25) is 0 Å². The maximum absolute atomic E-state index is 12.0. The van der Waals surface area contributed by atoms with E-state index in [0.29, 0.717) is 0 Å². The first-order chi connectivity index (χ1) is 43.7. The van der Waals surface area contributed by atoms with Crippen LogP contribution < -0.4 is 20.4 Å². The second-order valence-corrected chi connectivity index (χ2v) is 21.4. The summed E-state index contributed by atoms with van der Waals surface area (Å²) in [7, 11) is 0. The van der Waals surface area contributed by atoms with Crippen molar-refractivity contribution < 1.29 is 146 Å². The van der Waals surface area contributed by atoms with Gasteiger partial charge in [0.2, 0.25) is 0 Å². The van der Waals surface area contributed by atoms with Gasteiger partial charge >= 0.3 is 74.1 Å². The van der Waals surface area contributed by atoms with Crippen LogP contribution in [0.25, 0.3) is 43.1 Å². The molecule has 0 fully saturated rings. The van der Waals surface area contributed by atoms with E-state index in [0.717, 1.165) is 43.1 Å². The summed E-state index contributed by atoms with van der Waals surface area (Å²) in [6.07, 6.45) is -8.73. The molecule has 0 aliphatic carbocycles. The third-order valence-corrected chi connectivity index (χ3v) is 14.2. The van der Waals surface area contributed by atoms with Crippen molar-refractivity contribution in [2.75, 3.05) is 26.2 Å². The number of benzene rings is 8. The second-order valence-electron chi connectivity index (χ2n) is 21.4. The number of carbonyl (C=O) groups excluding carboxylic acids is 4. The zero-order chi connectivity index (χ0) is 69.2. The van der Waals surface area contributed by atoms with Crippen molar-refractivity contribution >= 4 is 66.2 Å². The number of ketones is 4. The molecule has 0 spiro atoms. The van der Waals surface area contributed by atoms with E-state index in [4.69, 9.17) is 0 Å². The minimum Gasteiger partial charge on any atom is -0.869 e. The van der Waals surface area contributed by atoms with Crippen molar-refractivity contribution in [3.63, 3.8) is 0 Å². The van der Waals surface area contributed by atoms with Gasteiger partial charge in [-0.1, -0.05) is 199 Å². The van der Waals surface area contributed by atoms with E-state index in [9.17, 15) is 92.3 Å². The molecule has 0 aliphatic rings. The van der Waals surface area contributed by atoms with E-state index < -0.39 is 70.9 Å². The molecule has 0 amide bonds. The van der Waals surface area contributed by atoms with Crippen LogP contribution in [0.4, 0.5) is 52.7 Å². The predicted octanol–water partition coefficient (Wildman–Crippen LogP) is 16.3. The van der Waals surface area contributed by atoms with Crippen LogP contribution in [0.3, 0.4) is 0 Å². The molecule has 0 N–H and O–H groups in total. The summed E-state index contributed by atoms with van der Waals surface area (Å²) in [5, 5.41) is 49.2. The Morgan fingerprint density at radius 3 is 0.638 bits per heavy atom. The number of unbranched alkanes of at least 4 members (excludes halogenated alkanes) is 4. The normalized spacial score (nSPS) is 12.4. The smallest absolute Gasteiger partial charge is 0.869 e. The number of fused-ring (bicyclic) bond motifs is 4. The second kappa shape index (κ2) is 38.0. The zero-order valence-electron chi connectivity index (χ0n) is 51.6. The number of rotatable bonds is 20. The molecule has 0 saturated carbocycles. The molecule has 0 aliphatic heterocycles. The largest absolute Gasteiger partial charge is 3.00 e. The number of nitrogens with zero attached hydrogens (tertiary/aromatic N) is 1. The van der Waals surface area contributed by atoms with Crippen LogP contribution in [0.1, 0.15) is 120 Å².